The summed E-state index contributed by atoms with van der Waals surface area (Å²) in [6, 6.07) is 13.5. The summed E-state index contributed by atoms with van der Waals surface area (Å²) in [5.74, 6) is 0.260. The summed E-state index contributed by atoms with van der Waals surface area (Å²) in [7, 11) is -3.78. The number of hydrogen-bond donors (Lipinski definition) is 1. The Morgan fingerprint density at radius 3 is 2.32 bits per heavy atom. The Morgan fingerprint density at radius 1 is 1.04 bits per heavy atom. The summed E-state index contributed by atoms with van der Waals surface area (Å²) >= 11 is 0. The summed E-state index contributed by atoms with van der Waals surface area (Å²) in [4.78, 5) is 14.8. The molecule has 0 aliphatic heterocycles. The number of Topliss-reactive ketones (excluding diaryl/α,β-unsaturated/α-hetero) is 1. The van der Waals surface area contributed by atoms with Crippen molar-refractivity contribution in [2.75, 3.05) is 4.31 Å². The predicted octanol–water partition coefficient (Wildman–Crippen LogP) is 5.00. The van der Waals surface area contributed by atoms with Crippen molar-refractivity contribution in [1.29, 1.82) is 0 Å². The number of nitrogens with one attached hydrogen (secondary N) is 1. The number of anilines is 1. The monoisotopic (exact) mass is 398 g/mol. The van der Waals surface area contributed by atoms with E-state index in [4.69, 9.17) is 0 Å². The van der Waals surface area contributed by atoms with E-state index in [0.717, 1.165) is 17.3 Å². The average Bonchev–Trinajstić information content (AvgIpc) is 3.09. The van der Waals surface area contributed by atoms with Crippen molar-refractivity contribution in [2.24, 2.45) is 5.92 Å². The van der Waals surface area contributed by atoms with Crippen molar-refractivity contribution in [3.05, 3.63) is 60.3 Å². The van der Waals surface area contributed by atoms with Gasteiger partial charge in [-0.25, -0.2) is 8.42 Å². The number of H-pyrrole nitrogens is 1. The van der Waals surface area contributed by atoms with Crippen LogP contribution in [0.25, 0.3) is 10.9 Å². The van der Waals surface area contributed by atoms with Crippen LogP contribution in [0, 0.1) is 5.92 Å². The maximum Gasteiger partial charge on any atom is 0.264 e. The number of aromatic nitrogens is 1. The molecule has 0 fully saturated rings. The zero-order chi connectivity index (χ0) is 20.5. The third-order valence-electron chi connectivity index (χ3n) is 4.82. The molecule has 0 saturated heterocycles. The summed E-state index contributed by atoms with van der Waals surface area (Å²) in [5, 5.41) is 0.960. The van der Waals surface area contributed by atoms with Crippen LogP contribution in [0.2, 0.25) is 0 Å². The SMILES string of the molecule is CC(=O)c1ccc(S(=O)(=O)N(c2ccc3[nH]ccc3c2)[C@H](C)CC(C)C)cc1. The Kier molecular flexibility index (Phi) is 5.61. The molecule has 0 aliphatic rings. The first-order valence-corrected chi connectivity index (χ1v) is 10.9. The lowest BCUT2D eigenvalue weighted by molar-refractivity contribution is 0.101. The minimum Gasteiger partial charge on any atom is -0.361 e. The van der Waals surface area contributed by atoms with E-state index >= 15 is 0 Å². The molecule has 0 bridgehead atoms. The van der Waals surface area contributed by atoms with Gasteiger partial charge in [0.05, 0.1) is 10.6 Å². The van der Waals surface area contributed by atoms with E-state index in [1.54, 1.807) is 12.1 Å². The van der Waals surface area contributed by atoms with Crippen molar-refractivity contribution < 1.29 is 13.2 Å². The fourth-order valence-corrected chi connectivity index (χ4v) is 5.22. The maximum atomic E-state index is 13.5. The Balaban J connectivity index is 2.09. The van der Waals surface area contributed by atoms with Gasteiger partial charge in [-0.2, -0.15) is 0 Å². The van der Waals surface area contributed by atoms with Crippen LogP contribution in [-0.2, 0) is 10.0 Å². The predicted molar refractivity (Wildman–Crippen MR) is 113 cm³/mol. The molecule has 3 aromatic rings. The highest BCUT2D eigenvalue weighted by atomic mass is 32.2. The van der Waals surface area contributed by atoms with E-state index in [1.807, 2.05) is 37.4 Å². The molecular formula is C22H26N2O3S. The average molecular weight is 399 g/mol. The number of carbonyl (C=O) groups excluding carboxylic acids is 1. The molecular weight excluding hydrogens is 372 g/mol. The van der Waals surface area contributed by atoms with Crippen molar-refractivity contribution in [1.82, 2.24) is 4.98 Å². The van der Waals surface area contributed by atoms with Gasteiger partial charge in [0.15, 0.2) is 5.78 Å². The van der Waals surface area contributed by atoms with Gasteiger partial charge in [0.1, 0.15) is 0 Å². The van der Waals surface area contributed by atoms with Crippen LogP contribution in [0.3, 0.4) is 0 Å². The van der Waals surface area contributed by atoms with Crippen LogP contribution in [0.15, 0.2) is 59.6 Å². The number of rotatable bonds is 7. The Labute approximate surface area is 166 Å². The second-order valence-electron chi connectivity index (χ2n) is 7.61. The van der Waals surface area contributed by atoms with Crippen molar-refractivity contribution in [3.63, 3.8) is 0 Å². The number of aromatic amines is 1. The first kappa shape index (κ1) is 20.1. The number of carbonyl (C=O) groups is 1. The van der Waals surface area contributed by atoms with Gasteiger partial charge in [-0.15, -0.1) is 0 Å². The number of hydrogen-bond acceptors (Lipinski definition) is 3. The lowest BCUT2D eigenvalue weighted by atomic mass is 10.0. The molecule has 1 atom stereocenters. The Bertz CT molecular complexity index is 1080. The lowest BCUT2D eigenvalue weighted by Crippen LogP contribution is -2.39. The van der Waals surface area contributed by atoms with E-state index in [0.29, 0.717) is 17.2 Å². The minimum absolute atomic E-state index is 0.0908. The highest BCUT2D eigenvalue weighted by Crippen LogP contribution is 2.31. The van der Waals surface area contributed by atoms with Crippen LogP contribution in [-0.4, -0.2) is 25.2 Å². The smallest absolute Gasteiger partial charge is 0.264 e. The normalized spacial score (nSPS) is 13.0. The van der Waals surface area contributed by atoms with E-state index in [2.05, 4.69) is 18.8 Å². The van der Waals surface area contributed by atoms with Gasteiger partial charge in [-0.3, -0.25) is 9.10 Å². The number of fused-ring (bicyclic) bond motifs is 1. The summed E-state index contributed by atoms with van der Waals surface area (Å²) in [6.07, 6.45) is 2.57. The molecule has 1 N–H and O–H groups in total. The van der Waals surface area contributed by atoms with Gasteiger partial charge < -0.3 is 4.98 Å². The molecule has 0 spiro atoms. The Hall–Kier alpha value is -2.60. The van der Waals surface area contributed by atoms with Crippen LogP contribution < -0.4 is 4.31 Å². The van der Waals surface area contributed by atoms with Gasteiger partial charge in [-0.05, 0) is 62.6 Å². The largest absolute Gasteiger partial charge is 0.361 e. The van der Waals surface area contributed by atoms with Crippen LogP contribution in [0.4, 0.5) is 5.69 Å². The van der Waals surface area contributed by atoms with Crippen LogP contribution >= 0.6 is 0 Å². The zero-order valence-electron chi connectivity index (χ0n) is 16.6. The molecule has 0 amide bonds. The molecule has 0 unspecified atom stereocenters. The quantitative estimate of drug-likeness (QED) is 0.569. The van der Waals surface area contributed by atoms with E-state index in [-0.39, 0.29) is 16.7 Å². The summed E-state index contributed by atoms with van der Waals surface area (Å²) in [6.45, 7) is 7.56. The molecule has 1 heterocycles. The van der Waals surface area contributed by atoms with Crippen molar-refractivity contribution in [3.8, 4) is 0 Å². The molecule has 1 aromatic heterocycles. The van der Waals surface area contributed by atoms with Gasteiger partial charge in [0.2, 0.25) is 0 Å². The van der Waals surface area contributed by atoms with E-state index in [9.17, 15) is 13.2 Å². The number of ketones is 1. The third-order valence-corrected chi connectivity index (χ3v) is 6.78. The molecule has 0 radical (unpaired) electrons. The first-order chi connectivity index (χ1) is 13.2. The van der Waals surface area contributed by atoms with Gasteiger partial charge in [0, 0.05) is 28.7 Å². The van der Waals surface area contributed by atoms with Gasteiger partial charge in [0.25, 0.3) is 10.0 Å². The van der Waals surface area contributed by atoms with E-state index < -0.39 is 10.0 Å². The highest BCUT2D eigenvalue weighted by Gasteiger charge is 2.30. The summed E-state index contributed by atoms with van der Waals surface area (Å²) < 4.78 is 28.6. The second kappa shape index (κ2) is 7.80. The lowest BCUT2D eigenvalue weighted by Gasteiger charge is -2.31. The number of sulfonamides is 1. The van der Waals surface area contributed by atoms with Crippen LogP contribution in [0.1, 0.15) is 44.5 Å². The molecule has 6 heteroatoms. The van der Waals surface area contributed by atoms with Crippen molar-refractivity contribution >= 4 is 32.4 Å². The molecule has 0 saturated carbocycles. The van der Waals surface area contributed by atoms with E-state index in [1.165, 1.54) is 23.4 Å². The van der Waals surface area contributed by atoms with Gasteiger partial charge >= 0.3 is 0 Å². The fraction of sp³-hybridized carbons (Fsp3) is 0.318. The second-order valence-corrected chi connectivity index (χ2v) is 9.42. The Morgan fingerprint density at radius 2 is 1.71 bits per heavy atom. The highest BCUT2D eigenvalue weighted by molar-refractivity contribution is 7.92. The molecule has 5 nitrogen and oxygen atoms in total. The molecule has 3 rings (SSSR count). The summed E-state index contributed by atoms with van der Waals surface area (Å²) in [5.41, 5.74) is 2.09. The maximum absolute atomic E-state index is 13.5. The third kappa shape index (κ3) is 3.97. The number of benzene rings is 2. The molecule has 148 valence electrons. The first-order valence-electron chi connectivity index (χ1n) is 9.42. The minimum atomic E-state index is -3.78. The van der Waals surface area contributed by atoms with Gasteiger partial charge in [-0.1, -0.05) is 26.0 Å². The van der Waals surface area contributed by atoms with Crippen molar-refractivity contribution in [2.45, 2.75) is 45.1 Å². The molecule has 0 aliphatic carbocycles. The number of nitrogens with zero attached hydrogens (tertiary/aromatic N) is 1. The zero-order valence-corrected chi connectivity index (χ0v) is 17.5. The fourth-order valence-electron chi connectivity index (χ4n) is 3.56. The topological polar surface area (TPSA) is 70.2 Å². The molecule has 28 heavy (non-hydrogen) atoms. The standard InChI is InChI=1S/C22H26N2O3S/c1-15(2)13-16(3)24(20-7-10-22-19(14-20)11-12-23-22)28(26,27)21-8-5-18(6-9-21)17(4)25/h5-12,14-16,23H,13H2,1-4H3/t16-/m1/s1. The molecule has 2 aromatic carbocycles. The van der Waals surface area contributed by atoms with Crippen LogP contribution in [0.5, 0.6) is 0 Å².